The highest BCUT2D eigenvalue weighted by atomic mass is 16.5. The van der Waals surface area contributed by atoms with E-state index in [1.54, 1.807) is 0 Å². The summed E-state index contributed by atoms with van der Waals surface area (Å²) in [5.41, 5.74) is 3.20. The number of aryl methyl sites for hydroxylation is 2. The predicted octanol–water partition coefficient (Wildman–Crippen LogP) is 6.58. The average Bonchev–Trinajstić information content (AvgIpc) is 2.73. The Kier molecular flexibility index (Phi) is 7.50. The van der Waals surface area contributed by atoms with Gasteiger partial charge in [0.05, 0.1) is 5.56 Å². The average molecular weight is 364 g/mol. The molecule has 2 aromatic rings. The molecule has 0 aromatic heterocycles. The van der Waals surface area contributed by atoms with Crippen LogP contribution in [0.3, 0.4) is 0 Å². The Hall–Kier alpha value is -2.09. The molecule has 27 heavy (non-hydrogen) atoms. The molecule has 2 aromatic carbocycles. The second-order valence-electron chi connectivity index (χ2n) is 7.68. The SMILES string of the molecule is CCCCc1ccc(C(=O)Oc2ccc(CCC3CC[CH]CC3)cc2)cc1. The minimum atomic E-state index is -0.289. The molecule has 1 aliphatic carbocycles. The summed E-state index contributed by atoms with van der Waals surface area (Å²) in [5.74, 6) is 1.20. The van der Waals surface area contributed by atoms with Gasteiger partial charge in [0.2, 0.25) is 0 Å². The van der Waals surface area contributed by atoms with E-state index in [1.807, 2.05) is 36.4 Å². The topological polar surface area (TPSA) is 26.3 Å². The van der Waals surface area contributed by atoms with Crippen LogP contribution in [0.1, 0.15) is 73.4 Å². The summed E-state index contributed by atoms with van der Waals surface area (Å²) >= 11 is 0. The Labute approximate surface area is 164 Å². The minimum absolute atomic E-state index is 0.289. The highest BCUT2D eigenvalue weighted by Crippen LogP contribution is 2.27. The van der Waals surface area contributed by atoms with Gasteiger partial charge in [-0.3, -0.25) is 0 Å². The fourth-order valence-corrected chi connectivity index (χ4v) is 3.73. The summed E-state index contributed by atoms with van der Waals surface area (Å²) < 4.78 is 5.53. The van der Waals surface area contributed by atoms with Crippen molar-refractivity contribution in [2.75, 3.05) is 0 Å². The summed E-state index contributed by atoms with van der Waals surface area (Å²) in [5, 5.41) is 0. The van der Waals surface area contributed by atoms with Gasteiger partial charge in [-0.05, 0) is 86.3 Å². The third kappa shape index (κ3) is 6.23. The molecule has 0 heterocycles. The maximum atomic E-state index is 12.3. The van der Waals surface area contributed by atoms with Crippen molar-refractivity contribution in [1.29, 1.82) is 0 Å². The molecule has 3 rings (SSSR count). The van der Waals surface area contributed by atoms with Crippen LogP contribution < -0.4 is 4.74 Å². The summed E-state index contributed by atoms with van der Waals surface area (Å²) in [7, 11) is 0. The lowest BCUT2D eigenvalue weighted by molar-refractivity contribution is 0.0734. The molecule has 0 N–H and O–H groups in total. The van der Waals surface area contributed by atoms with Crippen LogP contribution in [0.4, 0.5) is 0 Å². The number of hydrogen-bond donors (Lipinski definition) is 0. The van der Waals surface area contributed by atoms with Gasteiger partial charge >= 0.3 is 5.97 Å². The summed E-state index contributed by atoms with van der Waals surface area (Å²) in [6.45, 7) is 2.19. The van der Waals surface area contributed by atoms with Crippen molar-refractivity contribution in [1.82, 2.24) is 0 Å². The van der Waals surface area contributed by atoms with Crippen LogP contribution in [0.5, 0.6) is 5.75 Å². The van der Waals surface area contributed by atoms with Crippen molar-refractivity contribution in [2.24, 2.45) is 5.92 Å². The van der Waals surface area contributed by atoms with Crippen LogP contribution in [0.25, 0.3) is 0 Å². The monoisotopic (exact) mass is 363 g/mol. The van der Waals surface area contributed by atoms with E-state index in [0.29, 0.717) is 11.3 Å². The zero-order chi connectivity index (χ0) is 18.9. The van der Waals surface area contributed by atoms with E-state index in [2.05, 4.69) is 25.5 Å². The Morgan fingerprint density at radius 3 is 2.22 bits per heavy atom. The summed E-state index contributed by atoms with van der Waals surface area (Å²) in [4.78, 5) is 12.3. The molecule has 1 saturated carbocycles. The number of benzene rings is 2. The second kappa shape index (κ2) is 10.3. The quantitative estimate of drug-likeness (QED) is 0.391. The Morgan fingerprint density at radius 2 is 1.56 bits per heavy atom. The number of carbonyl (C=O) groups excluding carboxylic acids is 1. The minimum Gasteiger partial charge on any atom is -0.423 e. The van der Waals surface area contributed by atoms with Gasteiger partial charge < -0.3 is 4.74 Å². The maximum Gasteiger partial charge on any atom is 0.343 e. The third-order valence-electron chi connectivity index (χ3n) is 5.54. The van der Waals surface area contributed by atoms with E-state index in [-0.39, 0.29) is 5.97 Å². The van der Waals surface area contributed by atoms with E-state index >= 15 is 0 Å². The first-order valence-corrected chi connectivity index (χ1v) is 10.5. The van der Waals surface area contributed by atoms with Crippen LogP contribution in [-0.2, 0) is 12.8 Å². The van der Waals surface area contributed by atoms with Crippen LogP contribution in [0, 0.1) is 12.3 Å². The van der Waals surface area contributed by atoms with Crippen LogP contribution in [-0.4, -0.2) is 5.97 Å². The molecule has 143 valence electrons. The molecule has 0 atom stereocenters. The van der Waals surface area contributed by atoms with Crippen molar-refractivity contribution in [3.8, 4) is 5.75 Å². The number of hydrogen-bond acceptors (Lipinski definition) is 2. The first-order valence-electron chi connectivity index (χ1n) is 10.5. The molecule has 0 saturated heterocycles. The number of unbranched alkanes of at least 4 members (excludes halogenated alkanes) is 1. The first-order chi connectivity index (χ1) is 13.2. The lowest BCUT2D eigenvalue weighted by Crippen LogP contribution is -2.09. The Bertz CT molecular complexity index is 694. The zero-order valence-electron chi connectivity index (χ0n) is 16.5. The van der Waals surface area contributed by atoms with Crippen molar-refractivity contribution in [3.63, 3.8) is 0 Å². The second-order valence-corrected chi connectivity index (χ2v) is 7.68. The van der Waals surface area contributed by atoms with E-state index in [0.717, 1.165) is 18.8 Å². The molecular weight excluding hydrogens is 332 g/mol. The van der Waals surface area contributed by atoms with Gasteiger partial charge in [0, 0.05) is 0 Å². The van der Waals surface area contributed by atoms with Crippen LogP contribution in [0.2, 0.25) is 0 Å². The lowest BCUT2D eigenvalue weighted by Gasteiger charge is -2.21. The number of rotatable bonds is 8. The van der Waals surface area contributed by atoms with Crippen LogP contribution >= 0.6 is 0 Å². The lowest BCUT2D eigenvalue weighted by atomic mass is 9.85. The fourth-order valence-electron chi connectivity index (χ4n) is 3.73. The molecule has 0 bridgehead atoms. The number of carbonyl (C=O) groups is 1. The molecule has 0 unspecified atom stereocenters. The molecule has 1 aliphatic rings. The fraction of sp³-hybridized carbons (Fsp3) is 0.440. The summed E-state index contributed by atoms with van der Waals surface area (Å²) in [6.07, 6.45) is 13.4. The highest BCUT2D eigenvalue weighted by Gasteiger charge is 2.13. The van der Waals surface area contributed by atoms with Gasteiger partial charge in [0.25, 0.3) is 0 Å². The van der Waals surface area contributed by atoms with Gasteiger partial charge in [-0.25, -0.2) is 4.79 Å². The normalized spacial score (nSPS) is 14.9. The van der Waals surface area contributed by atoms with Gasteiger partial charge in [-0.1, -0.05) is 50.5 Å². The molecule has 2 heteroatoms. The first kappa shape index (κ1) is 19.7. The van der Waals surface area contributed by atoms with Crippen molar-refractivity contribution in [3.05, 3.63) is 71.6 Å². The van der Waals surface area contributed by atoms with E-state index in [1.165, 1.54) is 56.1 Å². The van der Waals surface area contributed by atoms with Crippen LogP contribution in [0.15, 0.2) is 48.5 Å². The number of esters is 1. The third-order valence-corrected chi connectivity index (χ3v) is 5.54. The largest absolute Gasteiger partial charge is 0.423 e. The molecule has 0 amide bonds. The van der Waals surface area contributed by atoms with Gasteiger partial charge in [0.15, 0.2) is 0 Å². The molecule has 0 spiro atoms. The van der Waals surface area contributed by atoms with Crippen molar-refractivity contribution >= 4 is 5.97 Å². The Balaban J connectivity index is 1.49. The molecular formula is C25H31O2. The highest BCUT2D eigenvalue weighted by molar-refractivity contribution is 5.91. The van der Waals surface area contributed by atoms with Gasteiger partial charge in [0.1, 0.15) is 5.75 Å². The van der Waals surface area contributed by atoms with E-state index < -0.39 is 0 Å². The molecule has 0 aliphatic heterocycles. The molecule has 2 nitrogen and oxygen atoms in total. The number of ether oxygens (including phenoxy) is 1. The maximum absolute atomic E-state index is 12.3. The molecule has 1 fully saturated rings. The van der Waals surface area contributed by atoms with Gasteiger partial charge in [-0.2, -0.15) is 0 Å². The molecule has 1 radical (unpaired) electrons. The van der Waals surface area contributed by atoms with E-state index in [9.17, 15) is 4.79 Å². The van der Waals surface area contributed by atoms with Crippen molar-refractivity contribution in [2.45, 2.75) is 64.7 Å². The zero-order valence-corrected chi connectivity index (χ0v) is 16.5. The standard InChI is InChI=1S/C25H31O2/c1-2-3-7-21-12-16-23(17-13-21)25(26)27-24-18-14-22(15-19-24)11-10-20-8-5-4-6-9-20/h4,12-20H,2-3,5-11H2,1H3. The van der Waals surface area contributed by atoms with E-state index in [4.69, 9.17) is 4.74 Å². The smallest absolute Gasteiger partial charge is 0.343 e. The predicted molar refractivity (Wildman–Crippen MR) is 111 cm³/mol. The summed E-state index contributed by atoms with van der Waals surface area (Å²) in [6, 6.07) is 15.8. The van der Waals surface area contributed by atoms with Crippen molar-refractivity contribution < 1.29 is 9.53 Å². The van der Waals surface area contributed by atoms with Gasteiger partial charge in [-0.15, -0.1) is 0 Å². The Morgan fingerprint density at radius 1 is 0.926 bits per heavy atom.